The van der Waals surface area contributed by atoms with Crippen LogP contribution in [-0.2, 0) is 11.3 Å². The van der Waals surface area contributed by atoms with Gasteiger partial charge >= 0.3 is 11.8 Å². The summed E-state index contributed by atoms with van der Waals surface area (Å²) in [6.07, 6.45) is 2.45. The van der Waals surface area contributed by atoms with Gasteiger partial charge in [0.2, 0.25) is 0 Å². The Kier molecular flexibility index (Phi) is 6.44. The second-order valence-corrected chi connectivity index (χ2v) is 8.54. The van der Waals surface area contributed by atoms with E-state index in [9.17, 15) is 9.59 Å². The van der Waals surface area contributed by atoms with E-state index in [1.165, 1.54) is 17.2 Å². The number of pyridine rings is 1. The maximum atomic E-state index is 12.7. The van der Waals surface area contributed by atoms with Gasteiger partial charge in [0.1, 0.15) is 29.2 Å². The monoisotopic (exact) mass is 459 g/mol. The normalized spacial score (nSPS) is 11.1. The van der Waals surface area contributed by atoms with Crippen molar-refractivity contribution in [3.63, 3.8) is 0 Å². The molecule has 1 amide bonds. The molecule has 2 heterocycles. The van der Waals surface area contributed by atoms with E-state index >= 15 is 0 Å². The van der Waals surface area contributed by atoms with E-state index in [2.05, 4.69) is 15.4 Å². The Morgan fingerprint density at radius 1 is 1.00 bits per heavy atom. The van der Waals surface area contributed by atoms with Crippen molar-refractivity contribution in [1.82, 2.24) is 19.3 Å². The zero-order valence-electron chi connectivity index (χ0n) is 19.1. The van der Waals surface area contributed by atoms with E-state index in [4.69, 9.17) is 9.47 Å². The Balaban J connectivity index is 1.43. The minimum absolute atomic E-state index is 0.232. The zero-order chi connectivity index (χ0) is 24.1. The first-order valence-corrected chi connectivity index (χ1v) is 10.7. The highest BCUT2D eigenvalue weighted by Crippen LogP contribution is 2.24. The number of carbonyl (C=O) groups excluding carboxylic acids is 1. The smallest absolute Gasteiger partial charge is 0.413 e. The molecule has 0 saturated heterocycles. The number of hydrogen-bond donors (Lipinski definition) is 1. The van der Waals surface area contributed by atoms with Gasteiger partial charge in [-0.3, -0.25) is 9.88 Å². The second kappa shape index (κ2) is 9.62. The molecular weight excluding hydrogens is 434 g/mol. The lowest BCUT2D eigenvalue weighted by atomic mass is 10.2. The fourth-order valence-corrected chi connectivity index (χ4v) is 3.14. The van der Waals surface area contributed by atoms with Gasteiger partial charge in [-0.1, -0.05) is 30.3 Å². The van der Waals surface area contributed by atoms with Crippen LogP contribution in [-0.4, -0.2) is 31.0 Å². The number of nitrogens with zero attached hydrogens (tertiary/aromatic N) is 4. The number of ether oxygens (including phenoxy) is 2. The van der Waals surface area contributed by atoms with Crippen LogP contribution in [0.4, 0.5) is 10.6 Å². The molecule has 0 fully saturated rings. The van der Waals surface area contributed by atoms with Crippen molar-refractivity contribution in [2.75, 3.05) is 5.32 Å². The van der Waals surface area contributed by atoms with E-state index in [0.717, 1.165) is 5.56 Å². The summed E-state index contributed by atoms with van der Waals surface area (Å²) < 4.78 is 14.0. The summed E-state index contributed by atoms with van der Waals surface area (Å²) in [5.74, 6) is 1.34. The molecule has 2 aromatic carbocycles. The molecule has 0 bridgehead atoms. The topological polar surface area (TPSA) is 100 Å². The maximum absolute atomic E-state index is 12.7. The van der Waals surface area contributed by atoms with Crippen LogP contribution in [0, 0.1) is 0 Å². The van der Waals surface area contributed by atoms with Crippen molar-refractivity contribution < 1.29 is 14.3 Å². The lowest BCUT2D eigenvalue weighted by Gasteiger charge is -2.19. The lowest BCUT2D eigenvalue weighted by Crippen LogP contribution is -2.27. The summed E-state index contributed by atoms with van der Waals surface area (Å²) in [6.45, 7) is 5.80. The molecule has 9 heteroatoms. The predicted octanol–water partition coefficient (Wildman–Crippen LogP) is 4.62. The number of hydrogen-bond acceptors (Lipinski definition) is 6. The van der Waals surface area contributed by atoms with E-state index in [-0.39, 0.29) is 5.69 Å². The second-order valence-electron chi connectivity index (χ2n) is 8.54. The minimum Gasteiger partial charge on any atom is -0.457 e. The average Bonchev–Trinajstić information content (AvgIpc) is 3.14. The van der Waals surface area contributed by atoms with Gasteiger partial charge in [0.15, 0.2) is 0 Å². The Morgan fingerprint density at radius 3 is 2.44 bits per heavy atom. The van der Waals surface area contributed by atoms with Crippen LogP contribution in [0.2, 0.25) is 0 Å². The molecule has 0 aliphatic carbocycles. The highest BCUT2D eigenvalue weighted by Gasteiger charge is 2.16. The first-order chi connectivity index (χ1) is 16.3. The molecule has 9 nitrogen and oxygen atoms in total. The molecule has 4 rings (SSSR count). The summed E-state index contributed by atoms with van der Waals surface area (Å²) in [4.78, 5) is 28.8. The summed E-state index contributed by atoms with van der Waals surface area (Å²) in [6, 6.07) is 20.0. The van der Waals surface area contributed by atoms with Gasteiger partial charge in [-0.05, 0) is 56.7 Å². The van der Waals surface area contributed by atoms with Crippen LogP contribution >= 0.6 is 0 Å². The highest BCUT2D eigenvalue weighted by atomic mass is 16.6. The third-order valence-corrected chi connectivity index (χ3v) is 4.61. The van der Waals surface area contributed by atoms with Crippen molar-refractivity contribution in [3.8, 4) is 17.2 Å². The Bertz CT molecular complexity index is 1320. The number of nitrogens with one attached hydrogen (secondary N) is 1. The Hall–Kier alpha value is -4.40. The molecule has 1 N–H and O–H groups in total. The Morgan fingerprint density at radius 2 is 1.74 bits per heavy atom. The molecule has 0 atom stereocenters. The SMILES string of the molecule is CC(C)(C)OC(=O)Nc1cc(Oc2ccc(-n3ncn(Cc4ccccc4)c3=O)cc2)ccn1. The molecule has 4 aromatic rings. The molecule has 34 heavy (non-hydrogen) atoms. The van der Waals surface area contributed by atoms with Crippen molar-refractivity contribution >= 4 is 11.9 Å². The van der Waals surface area contributed by atoms with E-state index in [1.807, 2.05) is 30.3 Å². The molecule has 0 spiro atoms. The highest BCUT2D eigenvalue weighted by molar-refractivity contribution is 5.83. The molecule has 0 radical (unpaired) electrons. The molecule has 2 aromatic heterocycles. The van der Waals surface area contributed by atoms with Gasteiger partial charge in [-0.15, -0.1) is 0 Å². The predicted molar refractivity (Wildman–Crippen MR) is 128 cm³/mol. The van der Waals surface area contributed by atoms with Crippen molar-refractivity contribution in [2.45, 2.75) is 32.9 Å². The summed E-state index contributed by atoms with van der Waals surface area (Å²) in [5, 5.41) is 6.81. The minimum atomic E-state index is -0.612. The summed E-state index contributed by atoms with van der Waals surface area (Å²) in [5.41, 5.74) is 0.792. The van der Waals surface area contributed by atoms with Crippen LogP contribution in [0.1, 0.15) is 26.3 Å². The van der Waals surface area contributed by atoms with E-state index in [0.29, 0.717) is 29.5 Å². The summed E-state index contributed by atoms with van der Waals surface area (Å²) in [7, 11) is 0. The average molecular weight is 460 g/mol. The van der Waals surface area contributed by atoms with Crippen LogP contribution in [0.3, 0.4) is 0 Å². The van der Waals surface area contributed by atoms with Crippen LogP contribution in [0.25, 0.3) is 5.69 Å². The van der Waals surface area contributed by atoms with Gasteiger partial charge in [0.05, 0.1) is 12.2 Å². The van der Waals surface area contributed by atoms with Crippen LogP contribution in [0.15, 0.2) is 84.0 Å². The van der Waals surface area contributed by atoms with Crippen molar-refractivity contribution in [3.05, 3.63) is 95.3 Å². The lowest BCUT2D eigenvalue weighted by molar-refractivity contribution is 0.0635. The molecular formula is C25H25N5O4. The number of benzene rings is 2. The first kappa shape index (κ1) is 22.8. The fourth-order valence-electron chi connectivity index (χ4n) is 3.14. The van der Waals surface area contributed by atoms with Crippen molar-refractivity contribution in [2.24, 2.45) is 0 Å². The number of aromatic nitrogens is 4. The van der Waals surface area contributed by atoms with Gasteiger partial charge < -0.3 is 9.47 Å². The van der Waals surface area contributed by atoms with Gasteiger partial charge in [-0.2, -0.15) is 9.78 Å². The molecule has 174 valence electrons. The van der Waals surface area contributed by atoms with Gasteiger partial charge in [-0.25, -0.2) is 14.6 Å². The standard InChI is InChI=1S/C25H25N5O4/c1-25(2,3)34-23(31)28-22-15-21(13-14-26-22)33-20-11-9-19(10-12-20)30-24(32)29(17-27-30)16-18-7-5-4-6-8-18/h4-15,17H,16H2,1-3H3,(H,26,28,31). The number of anilines is 1. The zero-order valence-corrected chi connectivity index (χ0v) is 19.1. The molecule has 0 aliphatic heterocycles. The quantitative estimate of drug-likeness (QED) is 0.452. The van der Waals surface area contributed by atoms with Gasteiger partial charge in [0, 0.05) is 12.3 Å². The van der Waals surface area contributed by atoms with Crippen molar-refractivity contribution in [1.29, 1.82) is 0 Å². The summed E-state index contributed by atoms with van der Waals surface area (Å²) >= 11 is 0. The van der Waals surface area contributed by atoms with Crippen LogP contribution < -0.4 is 15.7 Å². The Labute approximate surface area is 196 Å². The number of amides is 1. The third kappa shape index (κ3) is 5.89. The number of carbonyl (C=O) groups is 1. The first-order valence-electron chi connectivity index (χ1n) is 10.7. The van der Waals surface area contributed by atoms with Crippen LogP contribution in [0.5, 0.6) is 11.5 Å². The van der Waals surface area contributed by atoms with E-state index in [1.54, 1.807) is 61.7 Å². The fraction of sp³-hybridized carbons (Fsp3) is 0.200. The maximum Gasteiger partial charge on any atom is 0.413 e. The molecule has 0 aliphatic rings. The largest absolute Gasteiger partial charge is 0.457 e. The molecule has 0 saturated carbocycles. The molecule has 0 unspecified atom stereocenters. The number of rotatable bonds is 6. The third-order valence-electron chi connectivity index (χ3n) is 4.61. The van der Waals surface area contributed by atoms with Gasteiger partial charge in [0.25, 0.3) is 0 Å². The van der Waals surface area contributed by atoms with E-state index < -0.39 is 11.7 Å².